The molecule has 1 saturated heterocycles. The molecule has 1 aliphatic rings. The monoisotopic (exact) mass is 380 g/mol. The van der Waals surface area contributed by atoms with Crippen LogP contribution in [0.3, 0.4) is 0 Å². The van der Waals surface area contributed by atoms with Gasteiger partial charge in [-0.25, -0.2) is 0 Å². The Hall–Kier alpha value is -2.49. The summed E-state index contributed by atoms with van der Waals surface area (Å²) in [5, 5.41) is 2.24. The van der Waals surface area contributed by atoms with E-state index in [-0.39, 0.29) is 5.91 Å². The molecule has 0 spiro atoms. The molecule has 1 heterocycles. The smallest absolute Gasteiger partial charge is 0.249 e. The average Bonchev–Trinajstić information content (AvgIpc) is 2.95. The van der Waals surface area contributed by atoms with Crippen LogP contribution in [0.2, 0.25) is 0 Å². The second-order valence-corrected chi connectivity index (χ2v) is 8.08. The average molecular weight is 381 g/mol. The number of carbonyl (C=O) groups is 1. The molecule has 2 aromatic carbocycles. The van der Waals surface area contributed by atoms with Crippen LogP contribution >= 0.6 is 0 Å². The lowest BCUT2D eigenvalue weighted by Gasteiger charge is -2.16. The van der Waals surface area contributed by atoms with Crippen LogP contribution < -0.4 is 15.6 Å². The normalized spacial score (nSPS) is 17.0. The van der Waals surface area contributed by atoms with E-state index >= 15 is 0 Å². The van der Waals surface area contributed by atoms with E-state index in [2.05, 4.69) is 42.1 Å². The molecule has 0 unspecified atom stereocenters. The van der Waals surface area contributed by atoms with Crippen LogP contribution in [0.1, 0.15) is 64.9 Å². The number of ether oxygens (including phenoxy) is 1. The molecule has 2 N–H and O–H groups in total. The number of fused-ring (bicyclic) bond motifs is 1. The second-order valence-electron chi connectivity index (χ2n) is 8.08. The molecule has 0 atom stereocenters. The van der Waals surface area contributed by atoms with Gasteiger partial charge in [-0.1, -0.05) is 69.4 Å². The highest BCUT2D eigenvalue weighted by Gasteiger charge is 2.37. The molecule has 1 fully saturated rings. The van der Waals surface area contributed by atoms with E-state index in [1.807, 2.05) is 32.0 Å². The van der Waals surface area contributed by atoms with E-state index in [1.165, 1.54) is 32.1 Å². The summed E-state index contributed by atoms with van der Waals surface area (Å²) < 4.78 is 6.11. The SMILES string of the molecule is CCCCCCCCOc1ccc(/C=C2\NNC(=O)C2(C)C)c2ccccc12. The number of nitrogens with one attached hydrogen (secondary N) is 2. The molecule has 1 aliphatic heterocycles. The van der Waals surface area contributed by atoms with Gasteiger partial charge in [0.2, 0.25) is 5.91 Å². The molecule has 4 heteroatoms. The van der Waals surface area contributed by atoms with Crippen molar-refractivity contribution in [3.05, 3.63) is 47.7 Å². The van der Waals surface area contributed by atoms with Gasteiger partial charge in [0.05, 0.1) is 12.0 Å². The summed E-state index contributed by atoms with van der Waals surface area (Å²) in [7, 11) is 0. The van der Waals surface area contributed by atoms with Crippen molar-refractivity contribution in [3.8, 4) is 5.75 Å². The molecule has 0 aliphatic carbocycles. The van der Waals surface area contributed by atoms with Gasteiger partial charge in [-0.3, -0.25) is 10.2 Å². The van der Waals surface area contributed by atoms with Crippen molar-refractivity contribution in [2.45, 2.75) is 59.3 Å². The van der Waals surface area contributed by atoms with Crippen LogP contribution in [0.25, 0.3) is 16.8 Å². The lowest BCUT2D eigenvalue weighted by Crippen LogP contribution is -2.28. The highest BCUT2D eigenvalue weighted by atomic mass is 16.5. The molecule has 0 aromatic heterocycles. The van der Waals surface area contributed by atoms with E-state index in [1.54, 1.807) is 0 Å². The van der Waals surface area contributed by atoms with Gasteiger partial charge in [0.25, 0.3) is 0 Å². The fourth-order valence-corrected chi connectivity index (χ4v) is 3.54. The van der Waals surface area contributed by atoms with Gasteiger partial charge in [-0.2, -0.15) is 0 Å². The molecule has 4 nitrogen and oxygen atoms in total. The number of rotatable bonds is 9. The Morgan fingerprint density at radius 3 is 2.36 bits per heavy atom. The Morgan fingerprint density at radius 1 is 0.929 bits per heavy atom. The van der Waals surface area contributed by atoms with Crippen LogP contribution in [0.4, 0.5) is 0 Å². The molecule has 0 saturated carbocycles. The summed E-state index contributed by atoms with van der Waals surface area (Å²) in [6.07, 6.45) is 9.60. The number of unbranched alkanes of at least 4 members (excludes halogenated alkanes) is 5. The van der Waals surface area contributed by atoms with Crippen LogP contribution in [0, 0.1) is 5.41 Å². The van der Waals surface area contributed by atoms with E-state index in [4.69, 9.17) is 4.74 Å². The zero-order valence-corrected chi connectivity index (χ0v) is 17.3. The summed E-state index contributed by atoms with van der Waals surface area (Å²) in [6.45, 7) is 6.85. The van der Waals surface area contributed by atoms with E-state index in [0.29, 0.717) is 0 Å². The lowest BCUT2D eigenvalue weighted by molar-refractivity contribution is -0.125. The van der Waals surface area contributed by atoms with Gasteiger partial charge in [0.15, 0.2) is 0 Å². The maximum atomic E-state index is 12.0. The third-order valence-electron chi connectivity index (χ3n) is 5.52. The van der Waals surface area contributed by atoms with Gasteiger partial charge in [0.1, 0.15) is 5.75 Å². The third-order valence-corrected chi connectivity index (χ3v) is 5.52. The van der Waals surface area contributed by atoms with Gasteiger partial charge in [-0.05, 0) is 43.4 Å². The van der Waals surface area contributed by atoms with Crippen LogP contribution in [0.5, 0.6) is 5.75 Å². The Balaban J connectivity index is 1.74. The van der Waals surface area contributed by atoms with E-state index < -0.39 is 5.41 Å². The third kappa shape index (κ3) is 4.49. The van der Waals surface area contributed by atoms with Gasteiger partial charge < -0.3 is 10.2 Å². The number of amides is 1. The minimum atomic E-state index is -0.561. The molecular weight excluding hydrogens is 348 g/mol. The first kappa shape index (κ1) is 20.2. The first-order valence-electron chi connectivity index (χ1n) is 10.5. The number of carbonyl (C=O) groups excluding carboxylic acids is 1. The van der Waals surface area contributed by atoms with Crippen LogP contribution in [-0.2, 0) is 4.79 Å². The summed E-state index contributed by atoms with van der Waals surface area (Å²) in [5.41, 5.74) is 7.12. The van der Waals surface area contributed by atoms with Crippen molar-refractivity contribution >= 4 is 22.8 Å². The van der Waals surface area contributed by atoms with Gasteiger partial charge >= 0.3 is 0 Å². The summed E-state index contributed by atoms with van der Waals surface area (Å²) in [5.74, 6) is 0.918. The van der Waals surface area contributed by atoms with Crippen molar-refractivity contribution < 1.29 is 9.53 Å². The predicted octanol–water partition coefficient (Wildman–Crippen LogP) is 5.58. The molecule has 0 bridgehead atoms. The van der Waals surface area contributed by atoms with E-state index in [0.717, 1.165) is 40.8 Å². The first-order valence-corrected chi connectivity index (χ1v) is 10.5. The lowest BCUT2D eigenvalue weighted by atomic mass is 9.88. The Bertz CT molecular complexity index is 855. The van der Waals surface area contributed by atoms with Crippen molar-refractivity contribution in [2.24, 2.45) is 5.41 Å². The highest BCUT2D eigenvalue weighted by Crippen LogP contribution is 2.34. The standard InChI is InChI=1S/C24H32N2O2/c1-4-5-6-7-8-11-16-28-21-15-14-18(19-12-9-10-13-20(19)21)17-22-24(2,3)23(27)26-25-22/h9-10,12-15,17,25H,4-8,11,16H2,1-3H3,(H,26,27)/b22-17-. The second kappa shape index (κ2) is 9.13. The summed E-state index contributed by atoms with van der Waals surface area (Å²) in [6, 6.07) is 12.4. The fourth-order valence-electron chi connectivity index (χ4n) is 3.54. The highest BCUT2D eigenvalue weighted by molar-refractivity contribution is 5.96. The molecule has 3 rings (SSSR count). The minimum Gasteiger partial charge on any atom is -0.493 e. The molecule has 150 valence electrons. The molecule has 28 heavy (non-hydrogen) atoms. The van der Waals surface area contributed by atoms with Crippen LogP contribution in [-0.4, -0.2) is 12.5 Å². The van der Waals surface area contributed by atoms with Crippen molar-refractivity contribution in [1.82, 2.24) is 10.9 Å². The Kier molecular flexibility index (Phi) is 6.61. The number of hydrogen-bond acceptors (Lipinski definition) is 3. The van der Waals surface area contributed by atoms with Gasteiger partial charge in [-0.15, -0.1) is 0 Å². The minimum absolute atomic E-state index is 0.0121. The number of hydrogen-bond donors (Lipinski definition) is 2. The quantitative estimate of drug-likeness (QED) is 0.558. The van der Waals surface area contributed by atoms with Crippen LogP contribution in [0.15, 0.2) is 42.1 Å². The maximum absolute atomic E-state index is 12.0. The van der Waals surface area contributed by atoms with Crippen molar-refractivity contribution in [2.75, 3.05) is 6.61 Å². The van der Waals surface area contributed by atoms with Crippen molar-refractivity contribution in [1.29, 1.82) is 0 Å². The molecule has 0 radical (unpaired) electrons. The summed E-state index contributed by atoms with van der Waals surface area (Å²) in [4.78, 5) is 12.0. The first-order chi connectivity index (χ1) is 13.5. The Labute approximate surface area is 168 Å². The predicted molar refractivity (Wildman–Crippen MR) is 116 cm³/mol. The number of benzene rings is 2. The number of hydrazine groups is 1. The topological polar surface area (TPSA) is 50.4 Å². The Morgan fingerprint density at radius 2 is 1.64 bits per heavy atom. The van der Waals surface area contributed by atoms with Gasteiger partial charge in [0, 0.05) is 11.1 Å². The molecule has 1 amide bonds. The zero-order valence-electron chi connectivity index (χ0n) is 17.3. The molecule has 2 aromatic rings. The molecular formula is C24H32N2O2. The fraction of sp³-hybridized carbons (Fsp3) is 0.458. The largest absolute Gasteiger partial charge is 0.493 e. The van der Waals surface area contributed by atoms with E-state index in [9.17, 15) is 4.79 Å². The van der Waals surface area contributed by atoms with Crippen molar-refractivity contribution in [3.63, 3.8) is 0 Å². The maximum Gasteiger partial charge on any atom is 0.249 e. The summed E-state index contributed by atoms with van der Waals surface area (Å²) >= 11 is 0. The zero-order chi connectivity index (χ0) is 20.0.